The van der Waals surface area contributed by atoms with Gasteiger partial charge < -0.3 is 14.6 Å². The van der Waals surface area contributed by atoms with E-state index in [1.54, 1.807) is 31.2 Å². The molecular formula is C14H20O4. The third kappa shape index (κ3) is 5.19. The van der Waals surface area contributed by atoms with Gasteiger partial charge in [-0.25, -0.2) is 4.79 Å². The second-order valence-electron chi connectivity index (χ2n) is 4.11. The summed E-state index contributed by atoms with van der Waals surface area (Å²) in [6.07, 6.45) is 1.36. The molecule has 0 aromatic heterocycles. The van der Waals surface area contributed by atoms with Crippen LogP contribution in [-0.2, 0) is 9.53 Å². The van der Waals surface area contributed by atoms with Gasteiger partial charge in [-0.05, 0) is 31.0 Å². The fourth-order valence-corrected chi connectivity index (χ4v) is 1.36. The van der Waals surface area contributed by atoms with Crippen molar-refractivity contribution in [1.29, 1.82) is 0 Å². The number of aliphatic hydroxyl groups is 1. The van der Waals surface area contributed by atoms with Crippen molar-refractivity contribution in [3.05, 3.63) is 29.8 Å². The van der Waals surface area contributed by atoms with Crippen molar-refractivity contribution in [2.24, 2.45) is 0 Å². The van der Waals surface area contributed by atoms with Gasteiger partial charge >= 0.3 is 5.97 Å². The molecule has 4 nitrogen and oxygen atoms in total. The van der Waals surface area contributed by atoms with E-state index in [4.69, 9.17) is 9.47 Å². The Morgan fingerprint density at radius 3 is 2.56 bits per heavy atom. The van der Waals surface area contributed by atoms with Gasteiger partial charge in [0, 0.05) is 0 Å². The molecule has 1 atom stereocenters. The molecule has 0 bridgehead atoms. The molecule has 18 heavy (non-hydrogen) atoms. The van der Waals surface area contributed by atoms with Gasteiger partial charge in [-0.2, -0.15) is 0 Å². The van der Waals surface area contributed by atoms with E-state index in [0.717, 1.165) is 18.4 Å². The molecule has 1 aromatic carbocycles. The first kappa shape index (κ1) is 14.5. The molecule has 0 aliphatic carbocycles. The van der Waals surface area contributed by atoms with Crippen molar-refractivity contribution in [3.8, 4) is 5.75 Å². The molecule has 0 spiro atoms. The lowest BCUT2D eigenvalue weighted by atomic mass is 10.1. The summed E-state index contributed by atoms with van der Waals surface area (Å²) in [5.41, 5.74) is 0.813. The monoisotopic (exact) mass is 252 g/mol. The van der Waals surface area contributed by atoms with Gasteiger partial charge in [0.15, 0.2) is 6.61 Å². The Hall–Kier alpha value is -1.55. The summed E-state index contributed by atoms with van der Waals surface area (Å²) >= 11 is 0. The molecule has 0 heterocycles. The summed E-state index contributed by atoms with van der Waals surface area (Å²) in [6.45, 7) is 4.09. The van der Waals surface area contributed by atoms with Crippen LogP contribution in [0.4, 0.5) is 0 Å². The van der Waals surface area contributed by atoms with E-state index >= 15 is 0 Å². The van der Waals surface area contributed by atoms with E-state index in [1.807, 2.05) is 6.92 Å². The molecule has 4 heteroatoms. The van der Waals surface area contributed by atoms with E-state index in [2.05, 4.69) is 0 Å². The maximum absolute atomic E-state index is 11.3. The average molecular weight is 252 g/mol. The summed E-state index contributed by atoms with van der Waals surface area (Å²) in [7, 11) is 0. The first-order valence-corrected chi connectivity index (χ1v) is 6.20. The summed E-state index contributed by atoms with van der Waals surface area (Å²) in [5, 5.41) is 9.34. The number of aliphatic hydroxyl groups excluding tert-OH is 1. The number of hydrogen-bond donors (Lipinski definition) is 1. The molecule has 0 fully saturated rings. The van der Waals surface area contributed by atoms with E-state index < -0.39 is 6.10 Å². The Bertz CT molecular complexity index is 357. The first-order valence-electron chi connectivity index (χ1n) is 6.20. The lowest BCUT2D eigenvalue weighted by molar-refractivity contribution is -0.146. The lowest BCUT2D eigenvalue weighted by Crippen LogP contribution is -2.15. The van der Waals surface area contributed by atoms with Crippen LogP contribution >= 0.6 is 0 Å². The fourth-order valence-electron chi connectivity index (χ4n) is 1.36. The van der Waals surface area contributed by atoms with Crippen molar-refractivity contribution < 1.29 is 19.4 Å². The van der Waals surface area contributed by atoms with Crippen LogP contribution in [0.15, 0.2) is 24.3 Å². The highest BCUT2D eigenvalue weighted by atomic mass is 16.6. The lowest BCUT2D eigenvalue weighted by Gasteiger charge is -2.08. The van der Waals surface area contributed by atoms with Gasteiger partial charge in [0.05, 0.1) is 12.7 Å². The minimum atomic E-state index is -0.502. The van der Waals surface area contributed by atoms with Gasteiger partial charge in [0.25, 0.3) is 0 Å². The van der Waals surface area contributed by atoms with E-state index in [9.17, 15) is 9.90 Å². The SMILES string of the molecule is CCCCOC(=O)COc1ccc([C@@H](C)O)cc1. The number of ether oxygens (including phenoxy) is 2. The van der Waals surface area contributed by atoms with Gasteiger partial charge in [0.1, 0.15) is 5.75 Å². The topological polar surface area (TPSA) is 55.8 Å². The van der Waals surface area contributed by atoms with E-state index in [-0.39, 0.29) is 12.6 Å². The molecule has 1 N–H and O–H groups in total. The van der Waals surface area contributed by atoms with Crippen LogP contribution in [0.1, 0.15) is 38.4 Å². The Morgan fingerprint density at radius 2 is 2.00 bits per heavy atom. The molecule has 0 radical (unpaired) electrons. The highest BCUT2D eigenvalue weighted by Crippen LogP contribution is 2.17. The Labute approximate surface area is 108 Å². The number of esters is 1. The smallest absolute Gasteiger partial charge is 0.344 e. The van der Waals surface area contributed by atoms with E-state index in [0.29, 0.717) is 12.4 Å². The van der Waals surface area contributed by atoms with Gasteiger partial charge in [-0.3, -0.25) is 0 Å². The van der Waals surface area contributed by atoms with Gasteiger partial charge in [0.2, 0.25) is 0 Å². The molecule has 1 aromatic rings. The Balaban J connectivity index is 2.32. The van der Waals surface area contributed by atoms with Crippen molar-refractivity contribution >= 4 is 5.97 Å². The maximum Gasteiger partial charge on any atom is 0.344 e. The number of hydrogen-bond acceptors (Lipinski definition) is 4. The van der Waals surface area contributed by atoms with Crippen LogP contribution in [0.2, 0.25) is 0 Å². The molecular weight excluding hydrogens is 232 g/mol. The number of benzene rings is 1. The molecule has 1 rings (SSSR count). The van der Waals surface area contributed by atoms with Crippen molar-refractivity contribution in [1.82, 2.24) is 0 Å². The molecule has 100 valence electrons. The van der Waals surface area contributed by atoms with Gasteiger partial charge in [-0.15, -0.1) is 0 Å². The average Bonchev–Trinajstić information content (AvgIpc) is 2.37. The second-order valence-corrected chi connectivity index (χ2v) is 4.11. The molecule has 0 amide bonds. The number of carbonyl (C=O) groups is 1. The zero-order valence-corrected chi connectivity index (χ0v) is 10.9. The summed E-state index contributed by atoms with van der Waals surface area (Å²) < 4.78 is 10.2. The van der Waals surface area contributed by atoms with Crippen LogP contribution in [0.5, 0.6) is 5.75 Å². The quantitative estimate of drug-likeness (QED) is 0.598. The number of unbranched alkanes of at least 4 members (excludes halogenated alkanes) is 1. The zero-order valence-electron chi connectivity index (χ0n) is 10.9. The van der Waals surface area contributed by atoms with Gasteiger partial charge in [-0.1, -0.05) is 25.5 Å². The third-order valence-electron chi connectivity index (χ3n) is 2.48. The number of carbonyl (C=O) groups excluding carboxylic acids is 1. The van der Waals surface area contributed by atoms with Crippen LogP contribution in [-0.4, -0.2) is 24.3 Å². The molecule has 0 aliphatic heterocycles. The normalized spacial score (nSPS) is 11.9. The minimum absolute atomic E-state index is 0.0856. The Kier molecular flexibility index (Phi) is 6.22. The van der Waals surface area contributed by atoms with Crippen LogP contribution in [0.25, 0.3) is 0 Å². The Morgan fingerprint density at radius 1 is 1.33 bits per heavy atom. The summed E-state index contributed by atoms with van der Waals surface area (Å²) in [6, 6.07) is 6.98. The number of rotatable bonds is 7. The maximum atomic E-state index is 11.3. The van der Waals surface area contributed by atoms with Crippen molar-refractivity contribution in [3.63, 3.8) is 0 Å². The molecule has 0 saturated carbocycles. The first-order chi connectivity index (χ1) is 8.63. The predicted molar refractivity (Wildman–Crippen MR) is 68.4 cm³/mol. The highest BCUT2D eigenvalue weighted by molar-refractivity contribution is 5.71. The second kappa shape index (κ2) is 7.71. The van der Waals surface area contributed by atoms with Crippen LogP contribution in [0, 0.1) is 0 Å². The van der Waals surface area contributed by atoms with Crippen LogP contribution < -0.4 is 4.74 Å². The van der Waals surface area contributed by atoms with Crippen LogP contribution in [0.3, 0.4) is 0 Å². The fraction of sp³-hybridized carbons (Fsp3) is 0.500. The predicted octanol–water partition coefficient (Wildman–Crippen LogP) is 2.46. The standard InChI is InChI=1S/C14H20O4/c1-3-4-9-17-14(16)10-18-13-7-5-12(6-8-13)11(2)15/h5-8,11,15H,3-4,9-10H2,1-2H3/t11-/m1/s1. The molecule has 0 unspecified atom stereocenters. The zero-order chi connectivity index (χ0) is 13.4. The molecule has 0 saturated heterocycles. The largest absolute Gasteiger partial charge is 0.482 e. The minimum Gasteiger partial charge on any atom is -0.482 e. The molecule has 0 aliphatic rings. The highest BCUT2D eigenvalue weighted by Gasteiger charge is 2.05. The third-order valence-corrected chi connectivity index (χ3v) is 2.48. The van der Waals surface area contributed by atoms with E-state index in [1.165, 1.54) is 0 Å². The van der Waals surface area contributed by atoms with Crippen molar-refractivity contribution in [2.75, 3.05) is 13.2 Å². The summed E-state index contributed by atoms with van der Waals surface area (Å²) in [4.78, 5) is 11.3. The van der Waals surface area contributed by atoms with Crippen molar-refractivity contribution in [2.45, 2.75) is 32.8 Å². The summed E-state index contributed by atoms with van der Waals surface area (Å²) in [5.74, 6) is 0.231.